The molecular weight excluding hydrogens is 666 g/mol. The molecule has 1 saturated heterocycles. The highest BCUT2D eigenvalue weighted by atomic mass is 19.4. The van der Waals surface area contributed by atoms with Crippen molar-refractivity contribution in [3.8, 4) is 28.0 Å². The van der Waals surface area contributed by atoms with E-state index in [-0.39, 0.29) is 18.5 Å². The number of ether oxygens (including phenoxy) is 3. The summed E-state index contributed by atoms with van der Waals surface area (Å²) in [5, 5.41) is 0. The van der Waals surface area contributed by atoms with Crippen LogP contribution < -0.4 is 4.74 Å². The van der Waals surface area contributed by atoms with Gasteiger partial charge in [0.2, 0.25) is 0 Å². The minimum Gasteiger partial charge on any atom is -0.496 e. The highest BCUT2D eigenvalue weighted by molar-refractivity contribution is 5.91. The Kier molecular flexibility index (Phi) is 9.04. The molecular formula is C37H32F6N2O5. The van der Waals surface area contributed by atoms with E-state index in [1.54, 1.807) is 18.2 Å². The Hall–Kier alpha value is -5.07. The van der Waals surface area contributed by atoms with E-state index in [4.69, 9.17) is 19.2 Å². The molecule has 1 aliphatic carbocycles. The molecule has 1 aliphatic heterocycles. The van der Waals surface area contributed by atoms with Gasteiger partial charge in [0.05, 0.1) is 49.2 Å². The van der Waals surface area contributed by atoms with Crippen LogP contribution in [0.5, 0.6) is 5.75 Å². The lowest BCUT2D eigenvalue weighted by Gasteiger charge is -2.24. The van der Waals surface area contributed by atoms with Gasteiger partial charge in [-0.25, -0.2) is 9.59 Å². The second-order valence-corrected chi connectivity index (χ2v) is 12.5. The Balaban J connectivity index is 1.39. The van der Waals surface area contributed by atoms with Crippen molar-refractivity contribution in [3.63, 3.8) is 0 Å². The molecule has 4 aromatic rings. The summed E-state index contributed by atoms with van der Waals surface area (Å²) in [6, 6.07) is 14.8. The van der Waals surface area contributed by atoms with Crippen LogP contribution in [0.25, 0.3) is 22.3 Å². The van der Waals surface area contributed by atoms with Crippen molar-refractivity contribution in [2.75, 3.05) is 14.2 Å². The first-order valence-corrected chi connectivity index (χ1v) is 15.7. The van der Waals surface area contributed by atoms with Crippen molar-refractivity contribution in [2.45, 2.75) is 63.7 Å². The van der Waals surface area contributed by atoms with Crippen molar-refractivity contribution in [2.24, 2.45) is 0 Å². The number of alkyl halides is 6. The van der Waals surface area contributed by atoms with Crippen LogP contribution in [-0.2, 0) is 28.4 Å². The lowest BCUT2D eigenvalue weighted by molar-refractivity contribution is -0.143. The summed E-state index contributed by atoms with van der Waals surface area (Å²) in [4.78, 5) is 31.5. The van der Waals surface area contributed by atoms with Crippen molar-refractivity contribution >= 4 is 12.1 Å². The third-order valence-electron chi connectivity index (χ3n) is 9.09. The Morgan fingerprint density at radius 1 is 0.880 bits per heavy atom. The minimum atomic E-state index is -5.06. The molecule has 2 aliphatic rings. The van der Waals surface area contributed by atoms with Crippen LogP contribution in [0, 0.1) is 6.92 Å². The highest BCUT2D eigenvalue weighted by Crippen LogP contribution is 2.44. The van der Waals surface area contributed by atoms with Crippen LogP contribution in [0.4, 0.5) is 31.1 Å². The summed E-state index contributed by atoms with van der Waals surface area (Å²) >= 11 is 0. The second kappa shape index (κ2) is 13.0. The molecule has 6 rings (SSSR count). The zero-order chi connectivity index (χ0) is 36.1. The molecule has 1 amide bonds. The number of aromatic nitrogens is 1. The number of hydrogen-bond acceptors (Lipinski definition) is 6. The predicted molar refractivity (Wildman–Crippen MR) is 170 cm³/mol. The number of nitrogens with zero attached hydrogens (tertiary/aromatic N) is 2. The summed E-state index contributed by atoms with van der Waals surface area (Å²) in [6.45, 7) is 3.23. The monoisotopic (exact) mass is 698 g/mol. The summed E-state index contributed by atoms with van der Waals surface area (Å²) in [6.07, 6.45) is -10.5. The normalized spacial score (nSPS) is 17.9. The maximum atomic E-state index is 13.6. The molecule has 50 heavy (non-hydrogen) atoms. The summed E-state index contributed by atoms with van der Waals surface area (Å²) in [5.74, 6) is 0.263. The Bertz CT molecular complexity index is 1940. The van der Waals surface area contributed by atoms with Gasteiger partial charge in [-0.2, -0.15) is 26.3 Å². The Morgan fingerprint density at radius 3 is 2.12 bits per heavy atom. The molecule has 1 saturated carbocycles. The summed E-state index contributed by atoms with van der Waals surface area (Å²) in [5.41, 5.74) is 1.94. The molecule has 3 aromatic carbocycles. The fourth-order valence-electron chi connectivity index (χ4n) is 6.27. The van der Waals surface area contributed by atoms with E-state index in [1.807, 2.05) is 37.3 Å². The van der Waals surface area contributed by atoms with Crippen molar-refractivity contribution in [3.05, 3.63) is 106 Å². The van der Waals surface area contributed by atoms with E-state index in [2.05, 4.69) is 0 Å². The number of halogens is 6. The van der Waals surface area contributed by atoms with Crippen molar-refractivity contribution < 1.29 is 50.1 Å². The predicted octanol–water partition coefficient (Wildman–Crippen LogP) is 9.52. The third-order valence-corrected chi connectivity index (χ3v) is 9.09. The second-order valence-electron chi connectivity index (χ2n) is 12.5. The molecule has 2 fully saturated rings. The van der Waals surface area contributed by atoms with Gasteiger partial charge in [0.1, 0.15) is 11.9 Å². The first-order valence-electron chi connectivity index (χ1n) is 15.7. The molecule has 0 spiro atoms. The van der Waals surface area contributed by atoms with Crippen molar-refractivity contribution in [1.29, 1.82) is 0 Å². The Morgan fingerprint density at radius 2 is 1.54 bits per heavy atom. The van der Waals surface area contributed by atoms with Crippen LogP contribution in [0.1, 0.15) is 75.8 Å². The molecule has 2 atom stereocenters. The largest absolute Gasteiger partial charge is 0.496 e. The number of aryl methyl sites for hydroxylation is 1. The summed E-state index contributed by atoms with van der Waals surface area (Å²) < 4.78 is 97.8. The number of benzene rings is 3. The molecule has 0 bridgehead atoms. The molecule has 0 N–H and O–H groups in total. The minimum absolute atomic E-state index is 0.0405. The maximum Gasteiger partial charge on any atom is 0.416 e. The lowest BCUT2D eigenvalue weighted by Crippen LogP contribution is -2.32. The molecule has 0 unspecified atom stereocenters. The van der Waals surface area contributed by atoms with Crippen LogP contribution in [0.15, 0.2) is 66.7 Å². The van der Waals surface area contributed by atoms with Crippen LogP contribution in [0.2, 0.25) is 0 Å². The molecule has 1 aromatic heterocycles. The average Bonchev–Trinajstić information content (AvgIpc) is 3.89. The highest BCUT2D eigenvalue weighted by Gasteiger charge is 2.44. The SMILES string of the molecule is COC(=O)c1ccc(-c2ccc(OC)c(-c3ccc(C4CC4)nc3CN3C(=O)O[C@H](c4cc(C(F)(F)F)cc(C(F)(F)F)c4)[C@@H]3C)c2)c(C)c1. The van der Waals surface area contributed by atoms with E-state index in [0.717, 1.165) is 35.2 Å². The van der Waals surface area contributed by atoms with Gasteiger partial charge in [-0.15, -0.1) is 0 Å². The fourth-order valence-corrected chi connectivity index (χ4v) is 6.27. The summed E-state index contributed by atoms with van der Waals surface area (Å²) in [7, 11) is 2.81. The number of amides is 1. The number of rotatable bonds is 8. The van der Waals surface area contributed by atoms with E-state index < -0.39 is 53.3 Å². The van der Waals surface area contributed by atoms with E-state index in [9.17, 15) is 35.9 Å². The number of hydrogen-bond donors (Lipinski definition) is 0. The topological polar surface area (TPSA) is 78.0 Å². The molecule has 2 heterocycles. The van der Waals surface area contributed by atoms with Gasteiger partial charge in [0, 0.05) is 22.7 Å². The van der Waals surface area contributed by atoms with Crippen LogP contribution >= 0.6 is 0 Å². The zero-order valence-corrected chi connectivity index (χ0v) is 27.4. The third kappa shape index (κ3) is 6.86. The van der Waals surface area contributed by atoms with E-state index >= 15 is 0 Å². The molecule has 13 heteroatoms. The van der Waals surface area contributed by atoms with Gasteiger partial charge in [-0.1, -0.05) is 18.2 Å². The standard InChI is InChI=1S/C37H32F6N2O5/c1-19-13-23(34(46)49-4)7-9-27(19)22-8-12-32(48-3)29(16-22)28-10-11-30(21-5-6-21)44-31(28)18-45-20(2)33(50-35(45)47)24-14-25(36(38,39)40)17-26(15-24)37(41,42)43/h7-17,20-21,33H,5-6,18H2,1-4H3/t20-,33-/m0/s1. The maximum absolute atomic E-state index is 13.6. The van der Waals surface area contributed by atoms with Gasteiger partial charge in [-0.05, 0) is 97.5 Å². The van der Waals surface area contributed by atoms with Gasteiger partial charge in [0.15, 0.2) is 0 Å². The first-order chi connectivity index (χ1) is 23.6. The van der Waals surface area contributed by atoms with Gasteiger partial charge < -0.3 is 14.2 Å². The fraction of sp³-hybridized carbons (Fsp3) is 0.324. The average molecular weight is 699 g/mol. The van der Waals surface area contributed by atoms with Crippen LogP contribution in [0.3, 0.4) is 0 Å². The van der Waals surface area contributed by atoms with E-state index in [0.29, 0.717) is 40.3 Å². The molecule has 262 valence electrons. The lowest BCUT2D eigenvalue weighted by atomic mass is 9.93. The zero-order valence-electron chi connectivity index (χ0n) is 27.4. The first kappa shape index (κ1) is 34.8. The van der Waals surface area contributed by atoms with Gasteiger partial charge >= 0.3 is 24.4 Å². The van der Waals surface area contributed by atoms with Gasteiger partial charge in [0.25, 0.3) is 0 Å². The number of carbonyl (C=O) groups excluding carboxylic acids is 2. The smallest absolute Gasteiger partial charge is 0.416 e. The van der Waals surface area contributed by atoms with E-state index in [1.165, 1.54) is 26.0 Å². The number of esters is 1. The number of carbonyl (C=O) groups is 2. The quantitative estimate of drug-likeness (QED) is 0.135. The van der Waals surface area contributed by atoms with Crippen LogP contribution in [-0.4, -0.2) is 42.2 Å². The number of methoxy groups -OCH3 is 2. The Labute approximate surface area is 283 Å². The van der Waals surface area contributed by atoms with Gasteiger partial charge in [-0.3, -0.25) is 9.88 Å². The molecule has 0 radical (unpaired) electrons. The number of cyclic esters (lactones) is 1. The van der Waals surface area contributed by atoms with Crippen molar-refractivity contribution in [1.82, 2.24) is 9.88 Å². The number of pyridine rings is 1. The molecule has 7 nitrogen and oxygen atoms in total.